The minimum atomic E-state index is -5.22. The molecule has 0 N–H and O–H groups in total. The van der Waals surface area contributed by atoms with E-state index >= 15 is 0 Å². The van der Waals surface area contributed by atoms with Crippen LogP contribution in [0.4, 0.5) is 26.3 Å². The number of ether oxygens (including phenoxy) is 4. The van der Waals surface area contributed by atoms with E-state index in [1.54, 1.807) is 0 Å². The second kappa shape index (κ2) is 5.51. The summed E-state index contributed by atoms with van der Waals surface area (Å²) in [4.78, 5) is 10.2. The van der Waals surface area contributed by atoms with Crippen LogP contribution in [0.1, 0.15) is 0 Å². The van der Waals surface area contributed by atoms with Crippen molar-refractivity contribution in [3.63, 3.8) is 0 Å². The molecule has 0 aliphatic carbocycles. The highest BCUT2D eigenvalue weighted by atomic mass is 19.4. The fourth-order valence-corrected chi connectivity index (χ4v) is 1.11. The standard InChI is InChI=1S/C8H8F6O5/c9-6(10,11)5(15)16-1-2-17-8(7(12,13)14)18-3-4-19-8/h1-4H2. The molecule has 0 atom stereocenters. The maximum absolute atomic E-state index is 12.5. The lowest BCUT2D eigenvalue weighted by Crippen LogP contribution is -2.49. The minimum absolute atomic E-state index is 0.387. The van der Waals surface area contributed by atoms with Gasteiger partial charge in [0.05, 0.1) is 19.8 Å². The Labute approximate surface area is 102 Å². The van der Waals surface area contributed by atoms with E-state index in [1.165, 1.54) is 0 Å². The molecule has 0 bridgehead atoms. The summed E-state index contributed by atoms with van der Waals surface area (Å²) < 4.78 is 89.0. The van der Waals surface area contributed by atoms with E-state index in [-0.39, 0.29) is 13.2 Å². The number of carbonyl (C=O) groups excluding carboxylic acids is 1. The molecular weight excluding hydrogens is 290 g/mol. The van der Waals surface area contributed by atoms with Crippen LogP contribution in [0.5, 0.6) is 0 Å². The number of halogens is 6. The highest BCUT2D eigenvalue weighted by Gasteiger charge is 2.62. The minimum Gasteiger partial charge on any atom is -0.457 e. The van der Waals surface area contributed by atoms with Crippen LogP contribution >= 0.6 is 0 Å². The third-order valence-corrected chi connectivity index (χ3v) is 1.85. The fraction of sp³-hybridized carbons (Fsp3) is 0.875. The van der Waals surface area contributed by atoms with Crippen LogP contribution < -0.4 is 0 Å². The maximum atomic E-state index is 12.5. The molecule has 0 aromatic heterocycles. The Balaban J connectivity index is 2.41. The lowest BCUT2D eigenvalue weighted by Gasteiger charge is -2.28. The van der Waals surface area contributed by atoms with Crippen LogP contribution in [0.2, 0.25) is 0 Å². The van der Waals surface area contributed by atoms with E-state index in [4.69, 9.17) is 0 Å². The number of hydrogen-bond acceptors (Lipinski definition) is 5. The van der Waals surface area contributed by atoms with E-state index in [0.29, 0.717) is 0 Å². The van der Waals surface area contributed by atoms with Gasteiger partial charge in [0.2, 0.25) is 0 Å². The van der Waals surface area contributed by atoms with Crippen molar-refractivity contribution in [2.24, 2.45) is 0 Å². The first kappa shape index (κ1) is 16.0. The molecule has 0 unspecified atom stereocenters. The van der Waals surface area contributed by atoms with Crippen molar-refractivity contribution in [2.75, 3.05) is 26.4 Å². The SMILES string of the molecule is O=C(OCCOC1(C(F)(F)F)OCCO1)C(F)(F)F. The Bertz CT molecular complexity index is 319. The third kappa shape index (κ3) is 3.94. The van der Waals surface area contributed by atoms with Crippen molar-refractivity contribution in [2.45, 2.75) is 18.3 Å². The molecule has 112 valence electrons. The molecule has 1 aliphatic rings. The van der Waals surface area contributed by atoms with E-state index in [2.05, 4.69) is 18.9 Å². The first-order valence-electron chi connectivity index (χ1n) is 4.81. The molecule has 0 spiro atoms. The van der Waals surface area contributed by atoms with E-state index in [9.17, 15) is 31.1 Å². The van der Waals surface area contributed by atoms with Crippen LogP contribution in [0, 0.1) is 0 Å². The van der Waals surface area contributed by atoms with Gasteiger partial charge < -0.3 is 18.9 Å². The average Bonchev–Trinajstić information content (AvgIpc) is 2.71. The Kier molecular flexibility index (Phi) is 4.63. The average molecular weight is 298 g/mol. The van der Waals surface area contributed by atoms with Crippen LogP contribution in [-0.2, 0) is 23.7 Å². The molecule has 5 nitrogen and oxygen atoms in total. The molecule has 1 rings (SSSR count). The first-order valence-corrected chi connectivity index (χ1v) is 4.81. The number of alkyl halides is 6. The summed E-state index contributed by atoms with van der Waals surface area (Å²) in [6, 6.07) is 0. The second-order valence-electron chi connectivity index (χ2n) is 3.23. The highest BCUT2D eigenvalue weighted by molar-refractivity contribution is 5.75. The smallest absolute Gasteiger partial charge is 0.457 e. The van der Waals surface area contributed by atoms with Gasteiger partial charge in [-0.3, -0.25) is 0 Å². The summed E-state index contributed by atoms with van der Waals surface area (Å²) in [7, 11) is 0. The number of carbonyl (C=O) groups is 1. The van der Waals surface area contributed by atoms with Gasteiger partial charge in [0.15, 0.2) is 0 Å². The molecule has 0 saturated carbocycles. The van der Waals surface area contributed by atoms with Gasteiger partial charge in [-0.05, 0) is 0 Å². The normalized spacial score (nSPS) is 19.5. The van der Waals surface area contributed by atoms with Gasteiger partial charge in [0.25, 0.3) is 0 Å². The maximum Gasteiger partial charge on any atom is 0.490 e. The molecule has 1 heterocycles. The predicted molar refractivity (Wildman–Crippen MR) is 43.7 cm³/mol. The zero-order chi connectivity index (χ0) is 14.7. The molecule has 11 heteroatoms. The van der Waals surface area contributed by atoms with Crippen molar-refractivity contribution in [3.05, 3.63) is 0 Å². The molecular formula is C8H8F6O5. The quantitative estimate of drug-likeness (QED) is 0.446. The molecule has 0 amide bonds. The number of esters is 1. The highest BCUT2D eigenvalue weighted by Crippen LogP contribution is 2.38. The summed E-state index contributed by atoms with van der Waals surface area (Å²) in [6.07, 6.45) is -10.3. The summed E-state index contributed by atoms with van der Waals surface area (Å²) in [5, 5.41) is 0. The van der Waals surface area contributed by atoms with Gasteiger partial charge in [-0.15, -0.1) is 0 Å². The lowest BCUT2D eigenvalue weighted by atomic mass is 10.5. The summed E-state index contributed by atoms with van der Waals surface area (Å²) in [6.45, 7) is -2.77. The van der Waals surface area contributed by atoms with Crippen molar-refractivity contribution < 1.29 is 50.1 Å². The second-order valence-corrected chi connectivity index (χ2v) is 3.23. The van der Waals surface area contributed by atoms with Crippen molar-refractivity contribution in [3.8, 4) is 0 Å². The Hall–Kier alpha value is -1.07. The van der Waals surface area contributed by atoms with Crippen molar-refractivity contribution >= 4 is 5.97 Å². The zero-order valence-corrected chi connectivity index (χ0v) is 9.14. The van der Waals surface area contributed by atoms with Crippen molar-refractivity contribution in [1.82, 2.24) is 0 Å². The number of hydrogen-bond donors (Lipinski definition) is 0. The van der Waals surface area contributed by atoms with E-state index in [1.807, 2.05) is 0 Å². The number of rotatable bonds is 4. The molecule has 1 aliphatic heterocycles. The van der Waals surface area contributed by atoms with Gasteiger partial charge in [-0.1, -0.05) is 0 Å². The molecule has 1 fully saturated rings. The van der Waals surface area contributed by atoms with Crippen LogP contribution in [0.15, 0.2) is 0 Å². The Morgan fingerprint density at radius 1 is 1.05 bits per heavy atom. The zero-order valence-electron chi connectivity index (χ0n) is 9.14. The largest absolute Gasteiger partial charge is 0.490 e. The predicted octanol–water partition coefficient (Wildman–Crippen LogP) is 1.37. The molecule has 0 aromatic carbocycles. The molecule has 1 saturated heterocycles. The Morgan fingerprint density at radius 2 is 1.58 bits per heavy atom. The summed E-state index contributed by atoms with van der Waals surface area (Å²) in [5.41, 5.74) is 0. The topological polar surface area (TPSA) is 54.0 Å². The van der Waals surface area contributed by atoms with E-state index < -0.39 is 37.5 Å². The van der Waals surface area contributed by atoms with Crippen LogP contribution in [0.3, 0.4) is 0 Å². The molecule has 19 heavy (non-hydrogen) atoms. The summed E-state index contributed by atoms with van der Waals surface area (Å²) in [5.74, 6) is -5.84. The van der Waals surface area contributed by atoms with Crippen LogP contribution in [0.25, 0.3) is 0 Å². The first-order chi connectivity index (χ1) is 8.58. The third-order valence-electron chi connectivity index (χ3n) is 1.85. The van der Waals surface area contributed by atoms with E-state index in [0.717, 1.165) is 0 Å². The van der Waals surface area contributed by atoms with Gasteiger partial charge in [0.1, 0.15) is 6.61 Å². The lowest BCUT2D eigenvalue weighted by molar-refractivity contribution is -0.450. The van der Waals surface area contributed by atoms with Gasteiger partial charge in [0, 0.05) is 0 Å². The van der Waals surface area contributed by atoms with Gasteiger partial charge in [-0.2, -0.15) is 26.3 Å². The van der Waals surface area contributed by atoms with Crippen molar-refractivity contribution in [1.29, 1.82) is 0 Å². The summed E-state index contributed by atoms with van der Waals surface area (Å²) >= 11 is 0. The van der Waals surface area contributed by atoms with Gasteiger partial charge >= 0.3 is 24.3 Å². The fourth-order valence-electron chi connectivity index (χ4n) is 1.11. The van der Waals surface area contributed by atoms with Crippen LogP contribution in [-0.4, -0.2) is 50.7 Å². The molecule has 0 radical (unpaired) electrons. The van der Waals surface area contributed by atoms with Gasteiger partial charge in [-0.25, -0.2) is 4.79 Å². The molecule has 0 aromatic rings. The Morgan fingerprint density at radius 3 is 2.00 bits per heavy atom. The monoisotopic (exact) mass is 298 g/mol.